The maximum atomic E-state index is 5.34. The van der Waals surface area contributed by atoms with Crippen LogP contribution in [0.4, 0.5) is 0 Å². The molecule has 3 heterocycles. The highest BCUT2D eigenvalue weighted by molar-refractivity contribution is 14.0. The van der Waals surface area contributed by atoms with Gasteiger partial charge in [-0.1, -0.05) is 6.08 Å². The summed E-state index contributed by atoms with van der Waals surface area (Å²) in [5, 5.41) is 11.2. The van der Waals surface area contributed by atoms with E-state index in [0.29, 0.717) is 19.1 Å². The van der Waals surface area contributed by atoms with E-state index in [-0.39, 0.29) is 24.0 Å². The summed E-state index contributed by atoms with van der Waals surface area (Å²) in [6.07, 6.45) is 6.24. The van der Waals surface area contributed by atoms with Crippen molar-refractivity contribution < 1.29 is 4.42 Å². The van der Waals surface area contributed by atoms with Gasteiger partial charge in [-0.2, -0.15) is 5.10 Å². The van der Waals surface area contributed by atoms with E-state index in [1.165, 1.54) is 0 Å². The van der Waals surface area contributed by atoms with Gasteiger partial charge in [0, 0.05) is 32.0 Å². The van der Waals surface area contributed by atoms with Crippen LogP contribution in [0.15, 0.2) is 40.5 Å². The van der Waals surface area contributed by atoms with E-state index in [1.807, 2.05) is 29.8 Å². The molecule has 0 saturated carbocycles. The van der Waals surface area contributed by atoms with Crippen LogP contribution in [-0.4, -0.2) is 39.9 Å². The van der Waals surface area contributed by atoms with Gasteiger partial charge in [0.05, 0.1) is 12.8 Å². The zero-order valence-corrected chi connectivity index (χ0v) is 16.8. The molecule has 0 amide bonds. The highest BCUT2D eigenvalue weighted by Gasteiger charge is 2.21. The first kappa shape index (κ1) is 19.5. The Bertz CT molecular complexity index is 694. The van der Waals surface area contributed by atoms with Crippen molar-refractivity contribution in [1.82, 2.24) is 25.4 Å². The number of halogens is 1. The largest absolute Gasteiger partial charge is 0.469 e. The molecule has 0 saturated heterocycles. The normalized spacial score (nSPS) is 16.7. The number of nitrogens with one attached hydrogen (secondary N) is 2. The van der Waals surface area contributed by atoms with Crippen LogP contribution >= 0.6 is 24.0 Å². The van der Waals surface area contributed by atoms with Gasteiger partial charge >= 0.3 is 0 Å². The fourth-order valence-corrected chi connectivity index (χ4v) is 2.80. The topological polar surface area (TPSA) is 80.3 Å². The minimum Gasteiger partial charge on any atom is -0.469 e. The first-order valence-electron chi connectivity index (χ1n) is 8.33. The number of fused-ring (bicyclic) bond motifs is 1. The molecule has 1 unspecified atom stereocenters. The van der Waals surface area contributed by atoms with Crippen molar-refractivity contribution in [2.45, 2.75) is 38.8 Å². The van der Waals surface area contributed by atoms with Crippen molar-refractivity contribution in [1.29, 1.82) is 0 Å². The zero-order chi connectivity index (χ0) is 16.8. The average Bonchev–Trinajstić information content (AvgIpc) is 3.20. The first-order valence-corrected chi connectivity index (χ1v) is 8.33. The number of aromatic nitrogens is 3. The molecule has 0 spiro atoms. The molecule has 3 rings (SSSR count). The molecule has 0 fully saturated rings. The SMILES string of the molecule is C=CCNC(=NCCc1ccco1)NC1CCc2nc(C)nn2C1.I. The van der Waals surface area contributed by atoms with E-state index in [2.05, 4.69) is 32.3 Å². The Balaban J connectivity index is 0.00000225. The van der Waals surface area contributed by atoms with Crippen molar-refractivity contribution in [2.75, 3.05) is 13.1 Å². The van der Waals surface area contributed by atoms with Crippen molar-refractivity contribution in [3.63, 3.8) is 0 Å². The van der Waals surface area contributed by atoms with E-state index in [4.69, 9.17) is 4.42 Å². The summed E-state index contributed by atoms with van der Waals surface area (Å²) >= 11 is 0. The van der Waals surface area contributed by atoms with E-state index >= 15 is 0 Å². The second kappa shape index (κ2) is 9.59. The van der Waals surface area contributed by atoms with Crippen LogP contribution in [0.3, 0.4) is 0 Å². The van der Waals surface area contributed by atoms with Gasteiger partial charge in [-0.25, -0.2) is 9.67 Å². The summed E-state index contributed by atoms with van der Waals surface area (Å²) in [6.45, 7) is 7.83. The highest BCUT2D eigenvalue weighted by atomic mass is 127. The summed E-state index contributed by atoms with van der Waals surface area (Å²) < 4.78 is 7.33. The number of aliphatic imine (C=N–C) groups is 1. The number of hydrogen-bond acceptors (Lipinski definition) is 4. The van der Waals surface area contributed by atoms with Crippen LogP contribution in [0, 0.1) is 6.92 Å². The highest BCUT2D eigenvalue weighted by Crippen LogP contribution is 2.12. The number of guanidine groups is 1. The molecule has 2 aromatic rings. The number of furan rings is 1. The molecule has 25 heavy (non-hydrogen) atoms. The predicted molar refractivity (Wildman–Crippen MR) is 108 cm³/mol. The molecule has 1 aliphatic rings. The number of rotatable bonds is 6. The van der Waals surface area contributed by atoms with Gasteiger partial charge < -0.3 is 15.1 Å². The molecular weight excluding hydrogens is 431 g/mol. The zero-order valence-electron chi connectivity index (χ0n) is 14.4. The quantitative estimate of drug-likeness (QED) is 0.301. The second-order valence-electron chi connectivity index (χ2n) is 5.87. The molecule has 0 bridgehead atoms. The maximum Gasteiger partial charge on any atom is 0.191 e. The first-order chi connectivity index (χ1) is 11.7. The molecule has 1 atom stereocenters. The predicted octanol–water partition coefficient (Wildman–Crippen LogP) is 2.08. The lowest BCUT2D eigenvalue weighted by Gasteiger charge is -2.25. The Kier molecular flexibility index (Phi) is 7.48. The molecule has 1 aliphatic heterocycles. The lowest BCUT2D eigenvalue weighted by molar-refractivity contribution is 0.392. The molecular formula is C17H25IN6O. The fourth-order valence-electron chi connectivity index (χ4n) is 2.80. The summed E-state index contributed by atoms with van der Waals surface area (Å²) in [5.41, 5.74) is 0. The summed E-state index contributed by atoms with van der Waals surface area (Å²) in [6, 6.07) is 4.15. The standard InChI is InChI=1S/C17H24N6O.HI/c1-3-9-18-17(19-10-8-15-5-4-11-24-15)21-14-6-7-16-20-13(2)22-23(16)12-14;/h3-5,11,14H,1,6-10,12H2,2H3,(H2,18,19,21);1H. The smallest absolute Gasteiger partial charge is 0.191 e. The van der Waals surface area contributed by atoms with Gasteiger partial charge in [-0.05, 0) is 25.5 Å². The molecule has 8 heteroatoms. The molecule has 7 nitrogen and oxygen atoms in total. The number of nitrogens with zero attached hydrogens (tertiary/aromatic N) is 4. The Hall–Kier alpha value is -1.84. The molecule has 0 aliphatic carbocycles. The fraction of sp³-hybridized carbons (Fsp3) is 0.471. The molecule has 2 aromatic heterocycles. The lowest BCUT2D eigenvalue weighted by atomic mass is 10.1. The molecule has 0 aromatic carbocycles. The Labute approximate surface area is 165 Å². The minimum absolute atomic E-state index is 0. The van der Waals surface area contributed by atoms with Crippen LogP contribution in [0.2, 0.25) is 0 Å². The maximum absolute atomic E-state index is 5.34. The average molecular weight is 456 g/mol. The van der Waals surface area contributed by atoms with Crippen LogP contribution in [0.1, 0.15) is 23.8 Å². The van der Waals surface area contributed by atoms with Gasteiger partial charge in [-0.3, -0.25) is 4.99 Å². The Morgan fingerprint density at radius 1 is 1.56 bits per heavy atom. The van der Waals surface area contributed by atoms with E-state index in [1.54, 1.807) is 6.26 Å². The number of aryl methyl sites for hydroxylation is 2. The molecule has 0 radical (unpaired) electrons. The van der Waals surface area contributed by atoms with Crippen LogP contribution in [0.5, 0.6) is 0 Å². The third kappa shape index (κ3) is 5.58. The van der Waals surface area contributed by atoms with E-state index < -0.39 is 0 Å². The lowest BCUT2D eigenvalue weighted by Crippen LogP contribution is -2.47. The van der Waals surface area contributed by atoms with Crippen LogP contribution < -0.4 is 10.6 Å². The monoisotopic (exact) mass is 456 g/mol. The van der Waals surface area contributed by atoms with E-state index in [0.717, 1.165) is 49.2 Å². The van der Waals surface area contributed by atoms with Crippen molar-refractivity contribution in [2.24, 2.45) is 4.99 Å². The van der Waals surface area contributed by atoms with Gasteiger partial charge in [0.1, 0.15) is 17.4 Å². The summed E-state index contributed by atoms with van der Waals surface area (Å²) in [7, 11) is 0. The minimum atomic E-state index is 0. The number of hydrogen-bond donors (Lipinski definition) is 2. The summed E-state index contributed by atoms with van der Waals surface area (Å²) in [5.74, 6) is 3.65. The van der Waals surface area contributed by atoms with Gasteiger partial charge in [0.25, 0.3) is 0 Å². The summed E-state index contributed by atoms with van der Waals surface area (Å²) in [4.78, 5) is 9.08. The van der Waals surface area contributed by atoms with Crippen molar-refractivity contribution in [3.05, 3.63) is 48.5 Å². The Morgan fingerprint density at radius 2 is 2.44 bits per heavy atom. The van der Waals surface area contributed by atoms with Gasteiger partial charge in [0.2, 0.25) is 0 Å². The molecule has 2 N–H and O–H groups in total. The third-order valence-corrected chi connectivity index (χ3v) is 3.93. The Morgan fingerprint density at radius 3 is 3.20 bits per heavy atom. The van der Waals surface area contributed by atoms with Crippen LogP contribution in [0.25, 0.3) is 0 Å². The van der Waals surface area contributed by atoms with Gasteiger partial charge in [-0.15, -0.1) is 30.6 Å². The van der Waals surface area contributed by atoms with Crippen LogP contribution in [-0.2, 0) is 19.4 Å². The second-order valence-corrected chi connectivity index (χ2v) is 5.87. The van der Waals surface area contributed by atoms with Crippen molar-refractivity contribution in [3.8, 4) is 0 Å². The third-order valence-electron chi connectivity index (χ3n) is 3.93. The van der Waals surface area contributed by atoms with Crippen molar-refractivity contribution >= 4 is 29.9 Å². The van der Waals surface area contributed by atoms with Gasteiger partial charge in [0.15, 0.2) is 5.96 Å². The molecule has 136 valence electrons. The van der Waals surface area contributed by atoms with E-state index in [9.17, 15) is 0 Å².